The van der Waals surface area contributed by atoms with Gasteiger partial charge in [0.05, 0.1) is 12.2 Å². The summed E-state index contributed by atoms with van der Waals surface area (Å²) >= 11 is 5.15. The summed E-state index contributed by atoms with van der Waals surface area (Å²) in [4.78, 5) is 6.54. The van der Waals surface area contributed by atoms with Crippen molar-refractivity contribution in [3.63, 3.8) is 0 Å². The molecule has 0 spiro atoms. The Morgan fingerprint density at radius 2 is 2.46 bits per heavy atom. The Bertz CT molecular complexity index is 367. The minimum Gasteiger partial charge on any atom is -0.320 e. The summed E-state index contributed by atoms with van der Waals surface area (Å²) in [6.45, 7) is 2.89. The molecule has 0 N–H and O–H groups in total. The molecule has 1 aromatic rings. The van der Waals surface area contributed by atoms with Crippen molar-refractivity contribution in [2.24, 2.45) is 0 Å². The molecular formula is C9H9BrN2S. The van der Waals surface area contributed by atoms with Crippen LogP contribution in [0.25, 0.3) is 0 Å². The minimum atomic E-state index is 0.878. The van der Waals surface area contributed by atoms with Crippen molar-refractivity contribution in [2.75, 3.05) is 11.4 Å². The number of thiazole rings is 1. The standard InChI is InChI=1S/C9H9BrN2S/c1-7-6-13-9(11-7)12-4-2-3-8(10)5-12/h2-4,6H,5H2,1H3. The molecule has 0 fully saturated rings. The lowest BCUT2D eigenvalue weighted by Crippen LogP contribution is -2.19. The highest BCUT2D eigenvalue weighted by Crippen LogP contribution is 2.24. The number of nitrogens with zero attached hydrogens (tertiary/aromatic N) is 2. The number of anilines is 1. The molecule has 2 rings (SSSR count). The van der Waals surface area contributed by atoms with Gasteiger partial charge in [-0.15, -0.1) is 11.3 Å². The fourth-order valence-corrected chi connectivity index (χ4v) is 2.33. The van der Waals surface area contributed by atoms with Crippen LogP contribution in [0.5, 0.6) is 0 Å². The first-order valence-electron chi connectivity index (χ1n) is 3.97. The Kier molecular flexibility index (Phi) is 2.51. The molecule has 2 nitrogen and oxygen atoms in total. The van der Waals surface area contributed by atoms with Crippen molar-refractivity contribution in [3.8, 4) is 0 Å². The van der Waals surface area contributed by atoms with Crippen LogP contribution in [0.4, 0.5) is 5.13 Å². The van der Waals surface area contributed by atoms with Gasteiger partial charge in [-0.25, -0.2) is 4.98 Å². The Hall–Kier alpha value is -0.610. The molecule has 0 bridgehead atoms. The molecule has 1 aromatic heterocycles. The molecule has 0 aromatic carbocycles. The van der Waals surface area contributed by atoms with Gasteiger partial charge >= 0.3 is 0 Å². The quantitative estimate of drug-likeness (QED) is 0.768. The third-order valence-electron chi connectivity index (χ3n) is 1.72. The van der Waals surface area contributed by atoms with Crippen LogP contribution in [0.15, 0.2) is 28.2 Å². The number of aromatic nitrogens is 1. The molecule has 0 saturated heterocycles. The van der Waals surface area contributed by atoms with Gasteiger partial charge in [0, 0.05) is 16.1 Å². The van der Waals surface area contributed by atoms with Gasteiger partial charge in [0.15, 0.2) is 5.13 Å². The van der Waals surface area contributed by atoms with Crippen LogP contribution in [-0.2, 0) is 0 Å². The van der Waals surface area contributed by atoms with Crippen LogP contribution >= 0.6 is 27.3 Å². The van der Waals surface area contributed by atoms with Gasteiger partial charge in [-0.2, -0.15) is 0 Å². The van der Waals surface area contributed by atoms with Crippen molar-refractivity contribution in [2.45, 2.75) is 6.92 Å². The van der Waals surface area contributed by atoms with Crippen LogP contribution in [0.1, 0.15) is 5.69 Å². The minimum absolute atomic E-state index is 0.878. The zero-order valence-corrected chi connectivity index (χ0v) is 9.60. The van der Waals surface area contributed by atoms with Crippen LogP contribution in [0.2, 0.25) is 0 Å². The van der Waals surface area contributed by atoms with E-state index in [9.17, 15) is 0 Å². The number of aryl methyl sites for hydroxylation is 1. The molecule has 0 atom stereocenters. The maximum Gasteiger partial charge on any atom is 0.189 e. The molecule has 0 aliphatic carbocycles. The normalized spacial score (nSPS) is 16.2. The van der Waals surface area contributed by atoms with E-state index in [4.69, 9.17) is 0 Å². The molecule has 0 saturated carbocycles. The summed E-state index contributed by atoms with van der Waals surface area (Å²) in [5.74, 6) is 0. The van der Waals surface area contributed by atoms with Gasteiger partial charge in [0.1, 0.15) is 0 Å². The fourth-order valence-electron chi connectivity index (χ4n) is 1.12. The van der Waals surface area contributed by atoms with Gasteiger partial charge in [-0.05, 0) is 19.1 Å². The Morgan fingerprint density at radius 3 is 3.08 bits per heavy atom. The SMILES string of the molecule is Cc1csc(N2C=CC=C(Br)C2)n1. The summed E-state index contributed by atoms with van der Waals surface area (Å²) in [7, 11) is 0. The summed E-state index contributed by atoms with van der Waals surface area (Å²) < 4.78 is 1.18. The highest BCUT2D eigenvalue weighted by Gasteiger charge is 2.10. The summed E-state index contributed by atoms with van der Waals surface area (Å²) in [6, 6.07) is 0. The van der Waals surface area contributed by atoms with Crippen molar-refractivity contribution < 1.29 is 0 Å². The van der Waals surface area contributed by atoms with E-state index < -0.39 is 0 Å². The van der Waals surface area contributed by atoms with Crippen LogP contribution in [-0.4, -0.2) is 11.5 Å². The maximum atomic E-state index is 4.41. The molecule has 1 aliphatic heterocycles. The Labute approximate surface area is 89.7 Å². The first-order chi connectivity index (χ1) is 6.25. The summed E-state index contributed by atoms with van der Waals surface area (Å²) in [5, 5.41) is 3.12. The number of halogens is 1. The van der Waals surface area contributed by atoms with Gasteiger partial charge < -0.3 is 4.90 Å². The molecule has 0 radical (unpaired) electrons. The highest BCUT2D eigenvalue weighted by molar-refractivity contribution is 9.11. The zero-order valence-electron chi connectivity index (χ0n) is 7.20. The number of allylic oxidation sites excluding steroid dienone is 2. The largest absolute Gasteiger partial charge is 0.320 e. The lowest BCUT2D eigenvalue weighted by atomic mass is 10.4. The monoisotopic (exact) mass is 256 g/mol. The van der Waals surface area contributed by atoms with Crippen molar-refractivity contribution >= 4 is 32.4 Å². The summed E-state index contributed by atoms with van der Waals surface area (Å²) in [5.41, 5.74) is 1.08. The lowest BCUT2D eigenvalue weighted by Gasteiger charge is -2.18. The number of rotatable bonds is 1. The second-order valence-corrected chi connectivity index (χ2v) is 4.71. The Morgan fingerprint density at radius 1 is 1.62 bits per heavy atom. The van der Waals surface area contributed by atoms with E-state index in [0.29, 0.717) is 0 Å². The summed E-state index contributed by atoms with van der Waals surface area (Å²) in [6.07, 6.45) is 6.12. The van der Waals surface area contributed by atoms with E-state index in [1.165, 1.54) is 4.48 Å². The molecular weight excluding hydrogens is 248 g/mol. The van der Waals surface area contributed by atoms with Crippen molar-refractivity contribution in [3.05, 3.63) is 33.9 Å². The van der Waals surface area contributed by atoms with Gasteiger partial charge in [-0.3, -0.25) is 0 Å². The van der Waals surface area contributed by atoms with E-state index in [-0.39, 0.29) is 0 Å². The molecule has 4 heteroatoms. The van der Waals surface area contributed by atoms with E-state index in [1.54, 1.807) is 11.3 Å². The van der Waals surface area contributed by atoms with Gasteiger partial charge in [0.2, 0.25) is 0 Å². The van der Waals surface area contributed by atoms with Gasteiger partial charge in [-0.1, -0.05) is 15.9 Å². The molecule has 0 unspecified atom stereocenters. The van der Waals surface area contributed by atoms with E-state index in [1.807, 2.05) is 19.2 Å². The maximum absolute atomic E-state index is 4.41. The zero-order chi connectivity index (χ0) is 9.26. The van der Waals surface area contributed by atoms with E-state index in [0.717, 1.165) is 17.4 Å². The second-order valence-electron chi connectivity index (χ2n) is 2.85. The molecule has 2 heterocycles. The smallest absolute Gasteiger partial charge is 0.189 e. The predicted octanol–water partition coefficient (Wildman–Crippen LogP) is 3.06. The highest BCUT2D eigenvalue weighted by atomic mass is 79.9. The van der Waals surface area contributed by atoms with Crippen LogP contribution in [0, 0.1) is 6.92 Å². The average molecular weight is 257 g/mol. The lowest BCUT2D eigenvalue weighted by molar-refractivity contribution is 1.04. The molecule has 0 amide bonds. The molecule has 1 aliphatic rings. The molecule has 68 valence electrons. The Balaban J connectivity index is 2.20. The van der Waals surface area contributed by atoms with Gasteiger partial charge in [0.25, 0.3) is 0 Å². The first-order valence-corrected chi connectivity index (χ1v) is 5.64. The van der Waals surface area contributed by atoms with Crippen molar-refractivity contribution in [1.82, 2.24) is 4.98 Å². The van der Waals surface area contributed by atoms with Crippen LogP contribution in [0.3, 0.4) is 0 Å². The fraction of sp³-hybridized carbons (Fsp3) is 0.222. The first kappa shape index (κ1) is 8.97. The topological polar surface area (TPSA) is 16.1 Å². The average Bonchev–Trinajstić information content (AvgIpc) is 2.52. The second kappa shape index (κ2) is 3.64. The third-order valence-corrected chi connectivity index (χ3v) is 3.23. The number of hydrogen-bond acceptors (Lipinski definition) is 3. The molecule has 13 heavy (non-hydrogen) atoms. The number of hydrogen-bond donors (Lipinski definition) is 0. The third kappa shape index (κ3) is 2.00. The van der Waals surface area contributed by atoms with Crippen molar-refractivity contribution in [1.29, 1.82) is 0 Å². The van der Waals surface area contributed by atoms with E-state index in [2.05, 4.69) is 37.3 Å². The predicted molar refractivity (Wildman–Crippen MR) is 60.3 cm³/mol. The van der Waals surface area contributed by atoms with Crippen LogP contribution < -0.4 is 4.90 Å². The van der Waals surface area contributed by atoms with E-state index >= 15 is 0 Å².